The van der Waals surface area contributed by atoms with Gasteiger partial charge in [0.05, 0.1) is 13.2 Å². The number of rotatable bonds is 6. The fraction of sp³-hybridized carbons (Fsp3) is 0.304. The predicted octanol–water partition coefficient (Wildman–Crippen LogP) is 4.54. The normalized spacial score (nSPS) is 19.1. The lowest BCUT2D eigenvalue weighted by Gasteiger charge is -2.30. The molecule has 3 rings (SSSR count). The van der Waals surface area contributed by atoms with Crippen LogP contribution in [0.4, 0.5) is 4.39 Å². The molecule has 0 spiro atoms. The Hall–Kier alpha value is -2.95. The van der Waals surface area contributed by atoms with Gasteiger partial charge in [0, 0.05) is 5.92 Å². The third-order valence-electron chi connectivity index (χ3n) is 4.84. The van der Waals surface area contributed by atoms with Crippen LogP contribution >= 0.6 is 0 Å². The molecule has 0 heterocycles. The molecule has 0 unspecified atom stereocenters. The molecule has 1 aliphatic rings. The largest absolute Gasteiger partial charge is 0.494 e. The Kier molecular flexibility index (Phi) is 6.24. The van der Waals surface area contributed by atoms with E-state index < -0.39 is 17.8 Å². The molecule has 2 aromatic rings. The number of ether oxygens (including phenoxy) is 2. The lowest BCUT2D eigenvalue weighted by molar-refractivity contribution is -0.151. The highest BCUT2D eigenvalue weighted by molar-refractivity contribution is 6.10. The van der Waals surface area contributed by atoms with Crippen molar-refractivity contribution in [2.24, 2.45) is 5.92 Å². The summed E-state index contributed by atoms with van der Waals surface area (Å²) >= 11 is 0. The number of halogens is 1. The molecule has 0 bridgehead atoms. The van der Waals surface area contributed by atoms with Gasteiger partial charge in [0.15, 0.2) is 5.78 Å². The van der Waals surface area contributed by atoms with Gasteiger partial charge in [-0.05, 0) is 61.2 Å². The Morgan fingerprint density at radius 2 is 1.79 bits per heavy atom. The van der Waals surface area contributed by atoms with Crippen molar-refractivity contribution in [2.45, 2.75) is 26.2 Å². The molecule has 4 nitrogen and oxygen atoms in total. The van der Waals surface area contributed by atoms with Crippen molar-refractivity contribution in [1.29, 1.82) is 0 Å². The van der Waals surface area contributed by atoms with E-state index in [1.807, 2.05) is 31.2 Å². The third-order valence-corrected chi connectivity index (χ3v) is 4.84. The number of carbonyl (C=O) groups excluding carboxylic acids is 2. The topological polar surface area (TPSA) is 52.6 Å². The molecule has 0 radical (unpaired) electrons. The summed E-state index contributed by atoms with van der Waals surface area (Å²) in [6, 6.07) is 13.4. The van der Waals surface area contributed by atoms with E-state index in [2.05, 4.69) is 0 Å². The molecule has 0 saturated carbocycles. The number of esters is 1. The van der Waals surface area contributed by atoms with E-state index in [0.29, 0.717) is 18.8 Å². The van der Waals surface area contributed by atoms with Gasteiger partial charge in [0.2, 0.25) is 0 Å². The molecule has 0 amide bonds. The van der Waals surface area contributed by atoms with Crippen LogP contribution in [0.3, 0.4) is 0 Å². The van der Waals surface area contributed by atoms with Crippen molar-refractivity contribution in [3.05, 3.63) is 71.6 Å². The van der Waals surface area contributed by atoms with Crippen molar-refractivity contribution in [3.63, 3.8) is 0 Å². The second kappa shape index (κ2) is 8.83. The Morgan fingerprint density at radius 1 is 1.07 bits per heavy atom. The van der Waals surface area contributed by atoms with Crippen molar-refractivity contribution >= 4 is 17.3 Å². The van der Waals surface area contributed by atoms with Gasteiger partial charge in [-0.3, -0.25) is 9.59 Å². The van der Waals surface area contributed by atoms with E-state index in [9.17, 15) is 14.0 Å². The van der Waals surface area contributed by atoms with Gasteiger partial charge in [-0.15, -0.1) is 0 Å². The van der Waals surface area contributed by atoms with Crippen LogP contribution in [0.15, 0.2) is 54.6 Å². The zero-order valence-corrected chi connectivity index (χ0v) is 16.0. The van der Waals surface area contributed by atoms with Crippen molar-refractivity contribution < 1.29 is 23.5 Å². The summed E-state index contributed by atoms with van der Waals surface area (Å²) in [5.74, 6) is -1.87. The molecule has 28 heavy (non-hydrogen) atoms. The number of benzene rings is 2. The summed E-state index contributed by atoms with van der Waals surface area (Å²) in [5.41, 5.74) is 2.32. The molecular formula is C23H23FO4. The van der Waals surface area contributed by atoms with Crippen LogP contribution in [0.5, 0.6) is 5.75 Å². The van der Waals surface area contributed by atoms with Crippen molar-refractivity contribution in [3.8, 4) is 5.75 Å². The van der Waals surface area contributed by atoms with Crippen LogP contribution in [-0.4, -0.2) is 25.0 Å². The zero-order valence-electron chi connectivity index (χ0n) is 16.0. The summed E-state index contributed by atoms with van der Waals surface area (Å²) < 4.78 is 24.2. The highest BCUT2D eigenvalue weighted by Gasteiger charge is 2.40. The van der Waals surface area contributed by atoms with Crippen LogP contribution in [0.1, 0.15) is 37.3 Å². The van der Waals surface area contributed by atoms with Crippen molar-refractivity contribution in [1.82, 2.24) is 0 Å². The predicted molar refractivity (Wildman–Crippen MR) is 104 cm³/mol. The van der Waals surface area contributed by atoms with Gasteiger partial charge in [0.1, 0.15) is 17.5 Å². The molecule has 1 aliphatic carbocycles. The van der Waals surface area contributed by atoms with Crippen LogP contribution < -0.4 is 4.74 Å². The number of ketones is 1. The minimum absolute atomic E-state index is 0.205. The Labute approximate surface area is 164 Å². The SMILES string of the molecule is CCOC(=O)[C@@H]1C(=O)C=C(c2ccc(F)cc2)C[C@H]1c1ccccc1OCC. The van der Waals surface area contributed by atoms with Gasteiger partial charge in [0.25, 0.3) is 0 Å². The van der Waals surface area contributed by atoms with Crippen molar-refractivity contribution in [2.75, 3.05) is 13.2 Å². The second-order valence-electron chi connectivity index (χ2n) is 6.59. The maximum absolute atomic E-state index is 13.3. The quantitative estimate of drug-likeness (QED) is 0.544. The number of allylic oxidation sites excluding steroid dienone is 2. The highest BCUT2D eigenvalue weighted by Crippen LogP contribution is 2.43. The van der Waals surface area contributed by atoms with Crippen LogP contribution in [0.25, 0.3) is 5.57 Å². The smallest absolute Gasteiger partial charge is 0.317 e. The number of hydrogen-bond donors (Lipinski definition) is 0. The molecule has 2 atom stereocenters. The van der Waals surface area contributed by atoms with E-state index in [4.69, 9.17) is 9.47 Å². The first-order valence-corrected chi connectivity index (χ1v) is 9.43. The lowest BCUT2D eigenvalue weighted by atomic mass is 9.73. The third kappa shape index (κ3) is 4.14. The minimum atomic E-state index is -0.925. The maximum atomic E-state index is 13.3. The Morgan fingerprint density at radius 3 is 2.46 bits per heavy atom. The molecule has 2 aromatic carbocycles. The number of carbonyl (C=O) groups is 2. The maximum Gasteiger partial charge on any atom is 0.317 e. The summed E-state index contributed by atoms with van der Waals surface area (Å²) in [6.45, 7) is 4.28. The standard InChI is InChI=1S/C23H23FO4/c1-3-27-21-8-6-5-7-18(21)19-13-16(15-9-11-17(24)12-10-15)14-20(25)22(19)23(26)28-4-2/h5-12,14,19,22H,3-4,13H2,1-2H3/t19-,22-/m0/s1. The summed E-state index contributed by atoms with van der Waals surface area (Å²) in [5, 5.41) is 0. The zero-order chi connectivity index (χ0) is 20.1. The molecule has 0 aromatic heterocycles. The first-order chi connectivity index (χ1) is 13.5. The first-order valence-electron chi connectivity index (χ1n) is 9.43. The lowest BCUT2D eigenvalue weighted by Crippen LogP contribution is -2.34. The van der Waals surface area contributed by atoms with Gasteiger partial charge in [-0.2, -0.15) is 0 Å². The van der Waals surface area contributed by atoms with Gasteiger partial charge < -0.3 is 9.47 Å². The fourth-order valence-corrected chi connectivity index (χ4v) is 3.61. The van der Waals surface area contributed by atoms with E-state index in [1.165, 1.54) is 18.2 Å². The monoisotopic (exact) mass is 382 g/mol. The molecule has 5 heteroatoms. The number of para-hydroxylation sites is 1. The van der Waals surface area contributed by atoms with E-state index in [-0.39, 0.29) is 18.2 Å². The Balaban J connectivity index is 2.05. The van der Waals surface area contributed by atoms with Crippen LogP contribution in [0.2, 0.25) is 0 Å². The van der Waals surface area contributed by atoms with Gasteiger partial charge in [-0.1, -0.05) is 30.3 Å². The minimum Gasteiger partial charge on any atom is -0.494 e. The average Bonchev–Trinajstić information content (AvgIpc) is 2.69. The summed E-state index contributed by atoms with van der Waals surface area (Å²) in [6.07, 6.45) is 1.93. The van der Waals surface area contributed by atoms with Crippen LogP contribution in [-0.2, 0) is 14.3 Å². The molecular weight excluding hydrogens is 359 g/mol. The first kappa shape index (κ1) is 19.8. The summed E-state index contributed by atoms with van der Waals surface area (Å²) in [7, 11) is 0. The molecule has 146 valence electrons. The molecule has 0 fully saturated rings. The van der Waals surface area contributed by atoms with E-state index in [0.717, 1.165) is 16.7 Å². The highest BCUT2D eigenvalue weighted by atomic mass is 19.1. The van der Waals surface area contributed by atoms with Crippen LogP contribution in [0, 0.1) is 11.7 Å². The van der Waals surface area contributed by atoms with Gasteiger partial charge in [-0.25, -0.2) is 4.39 Å². The summed E-state index contributed by atoms with van der Waals surface area (Å²) in [4.78, 5) is 25.5. The number of hydrogen-bond acceptors (Lipinski definition) is 4. The molecule has 0 N–H and O–H groups in total. The van der Waals surface area contributed by atoms with Gasteiger partial charge >= 0.3 is 5.97 Å². The second-order valence-corrected chi connectivity index (χ2v) is 6.59. The van der Waals surface area contributed by atoms with E-state index >= 15 is 0 Å². The van der Waals surface area contributed by atoms with E-state index in [1.54, 1.807) is 19.1 Å². The Bertz CT molecular complexity index is 886. The average molecular weight is 382 g/mol. The molecule has 0 aliphatic heterocycles. The molecule has 0 saturated heterocycles. The fourth-order valence-electron chi connectivity index (χ4n) is 3.61.